The summed E-state index contributed by atoms with van der Waals surface area (Å²) in [5, 5.41) is 3.82. The third-order valence-corrected chi connectivity index (χ3v) is 6.49. The van der Waals surface area contributed by atoms with Crippen LogP contribution in [0, 0.1) is 13.8 Å². The highest BCUT2D eigenvalue weighted by atomic mass is 16.5. The summed E-state index contributed by atoms with van der Waals surface area (Å²) in [6.07, 6.45) is 1.78. The molecule has 1 aromatic carbocycles. The first-order chi connectivity index (χ1) is 17.0. The normalized spacial score (nSPS) is 14.4. The Morgan fingerprint density at radius 2 is 1.83 bits per heavy atom. The fourth-order valence-electron chi connectivity index (χ4n) is 4.58. The summed E-state index contributed by atoms with van der Waals surface area (Å²) in [5.41, 5.74) is 6.12. The maximum absolute atomic E-state index is 13.8. The lowest BCUT2D eigenvalue weighted by molar-refractivity contribution is 0.0364. The van der Waals surface area contributed by atoms with Crippen LogP contribution in [0.1, 0.15) is 11.3 Å². The van der Waals surface area contributed by atoms with Crippen molar-refractivity contribution >= 4 is 17.0 Å². The van der Waals surface area contributed by atoms with Gasteiger partial charge in [-0.05, 0) is 49.2 Å². The molecule has 35 heavy (non-hydrogen) atoms. The number of nitrogens with zero attached hydrogens (tertiary/aromatic N) is 5. The molecule has 0 unspecified atom stereocenters. The van der Waals surface area contributed by atoms with E-state index in [9.17, 15) is 4.79 Å². The summed E-state index contributed by atoms with van der Waals surface area (Å²) in [5.74, 6) is 0.496. The Hall–Kier alpha value is -3.62. The molecule has 0 aliphatic carbocycles. The van der Waals surface area contributed by atoms with E-state index in [1.807, 2.05) is 50.2 Å². The SMILES string of the molecule is CNc1ncc2cc(-c3ccc(-c4cccc(C)n4)cc3C)c(=O)n(CCN3CCOCC3)c2n1. The van der Waals surface area contributed by atoms with Gasteiger partial charge in [-0.1, -0.05) is 18.2 Å². The number of nitrogens with one attached hydrogen (secondary N) is 1. The van der Waals surface area contributed by atoms with Crippen LogP contribution < -0.4 is 10.9 Å². The highest BCUT2D eigenvalue weighted by molar-refractivity contribution is 5.83. The van der Waals surface area contributed by atoms with Gasteiger partial charge in [-0.2, -0.15) is 4.98 Å². The van der Waals surface area contributed by atoms with E-state index in [4.69, 9.17) is 4.74 Å². The van der Waals surface area contributed by atoms with Gasteiger partial charge in [0.2, 0.25) is 5.95 Å². The van der Waals surface area contributed by atoms with E-state index in [1.54, 1.807) is 17.8 Å². The number of morpholine rings is 1. The number of rotatable bonds is 6. The molecule has 1 aliphatic heterocycles. The van der Waals surface area contributed by atoms with Crippen LogP contribution in [0.2, 0.25) is 0 Å². The van der Waals surface area contributed by atoms with E-state index in [1.165, 1.54) is 0 Å². The molecule has 1 aliphatic rings. The third-order valence-electron chi connectivity index (χ3n) is 6.49. The second kappa shape index (κ2) is 9.93. The second-order valence-electron chi connectivity index (χ2n) is 8.89. The standard InChI is InChI=1S/C27H30N6O2/c1-18-15-20(24-6-4-5-19(2)30-24)7-8-22(18)23-16-21-17-29-27(28-3)31-25(21)33(26(23)34)10-9-32-11-13-35-14-12-32/h4-8,15-17H,9-14H2,1-3H3,(H,28,29,31). The van der Waals surface area contributed by atoms with Gasteiger partial charge in [0.15, 0.2) is 0 Å². The van der Waals surface area contributed by atoms with Gasteiger partial charge in [-0.3, -0.25) is 19.2 Å². The van der Waals surface area contributed by atoms with Gasteiger partial charge >= 0.3 is 0 Å². The molecule has 0 radical (unpaired) electrons. The molecular formula is C27H30N6O2. The minimum absolute atomic E-state index is 0.0453. The van der Waals surface area contributed by atoms with Gasteiger partial charge < -0.3 is 10.1 Å². The Balaban J connectivity index is 1.58. The number of anilines is 1. The van der Waals surface area contributed by atoms with Crippen LogP contribution in [0.15, 0.2) is 53.5 Å². The minimum Gasteiger partial charge on any atom is -0.379 e. The average molecular weight is 471 g/mol. The van der Waals surface area contributed by atoms with Crippen molar-refractivity contribution < 1.29 is 4.74 Å². The predicted molar refractivity (Wildman–Crippen MR) is 139 cm³/mol. The Morgan fingerprint density at radius 3 is 2.57 bits per heavy atom. The molecule has 8 heteroatoms. The van der Waals surface area contributed by atoms with Gasteiger partial charge in [0.05, 0.1) is 18.9 Å². The van der Waals surface area contributed by atoms with Crippen molar-refractivity contribution in [3.05, 3.63) is 70.3 Å². The van der Waals surface area contributed by atoms with Crippen molar-refractivity contribution in [1.82, 2.24) is 24.4 Å². The number of hydrogen-bond acceptors (Lipinski definition) is 7. The molecule has 1 N–H and O–H groups in total. The molecule has 1 saturated heterocycles. The summed E-state index contributed by atoms with van der Waals surface area (Å²) in [6.45, 7) is 8.53. The van der Waals surface area contributed by atoms with Crippen LogP contribution in [0.25, 0.3) is 33.4 Å². The molecule has 3 aromatic heterocycles. The highest BCUT2D eigenvalue weighted by Crippen LogP contribution is 2.28. The minimum atomic E-state index is -0.0453. The first kappa shape index (κ1) is 23.1. The van der Waals surface area contributed by atoms with Crippen LogP contribution in [0.5, 0.6) is 0 Å². The molecule has 0 atom stereocenters. The van der Waals surface area contributed by atoms with Crippen molar-refractivity contribution in [1.29, 1.82) is 0 Å². The number of benzene rings is 1. The fraction of sp³-hybridized carbons (Fsp3) is 0.333. The number of fused-ring (bicyclic) bond motifs is 1. The molecule has 180 valence electrons. The van der Waals surface area contributed by atoms with Gasteiger partial charge in [0.25, 0.3) is 5.56 Å². The lowest BCUT2D eigenvalue weighted by Gasteiger charge is -2.27. The van der Waals surface area contributed by atoms with Crippen molar-refractivity contribution in [3.8, 4) is 22.4 Å². The number of hydrogen-bond donors (Lipinski definition) is 1. The monoisotopic (exact) mass is 470 g/mol. The molecule has 8 nitrogen and oxygen atoms in total. The van der Waals surface area contributed by atoms with Crippen molar-refractivity contribution in [2.75, 3.05) is 45.2 Å². The Kier molecular flexibility index (Phi) is 6.57. The molecule has 1 fully saturated rings. The van der Waals surface area contributed by atoms with Crippen molar-refractivity contribution in [3.63, 3.8) is 0 Å². The number of pyridine rings is 2. The van der Waals surface area contributed by atoms with Gasteiger partial charge in [-0.15, -0.1) is 0 Å². The second-order valence-corrected chi connectivity index (χ2v) is 8.89. The van der Waals surface area contributed by atoms with E-state index in [0.717, 1.165) is 66.3 Å². The van der Waals surface area contributed by atoms with Gasteiger partial charge in [0, 0.05) is 61.6 Å². The van der Waals surface area contributed by atoms with Crippen LogP contribution in [0.3, 0.4) is 0 Å². The van der Waals surface area contributed by atoms with Gasteiger partial charge in [-0.25, -0.2) is 4.98 Å². The fourth-order valence-corrected chi connectivity index (χ4v) is 4.58. The van der Waals surface area contributed by atoms with Gasteiger partial charge in [0.1, 0.15) is 5.65 Å². The van der Waals surface area contributed by atoms with Crippen molar-refractivity contribution in [2.24, 2.45) is 0 Å². The third kappa shape index (κ3) is 4.80. The molecule has 0 saturated carbocycles. The zero-order chi connectivity index (χ0) is 24.4. The highest BCUT2D eigenvalue weighted by Gasteiger charge is 2.17. The van der Waals surface area contributed by atoms with E-state index in [0.29, 0.717) is 23.7 Å². The zero-order valence-electron chi connectivity index (χ0n) is 20.4. The first-order valence-corrected chi connectivity index (χ1v) is 12.0. The summed E-state index contributed by atoms with van der Waals surface area (Å²) < 4.78 is 7.26. The number of ether oxygens (including phenoxy) is 1. The van der Waals surface area contributed by atoms with Crippen LogP contribution in [0.4, 0.5) is 5.95 Å². The van der Waals surface area contributed by atoms with E-state index in [-0.39, 0.29) is 5.56 Å². The predicted octanol–water partition coefficient (Wildman–Crippen LogP) is 3.51. The summed E-state index contributed by atoms with van der Waals surface area (Å²) in [4.78, 5) is 29.8. The van der Waals surface area contributed by atoms with E-state index >= 15 is 0 Å². The molecular weight excluding hydrogens is 440 g/mol. The van der Waals surface area contributed by atoms with E-state index < -0.39 is 0 Å². The molecule has 5 rings (SSSR count). The van der Waals surface area contributed by atoms with Crippen molar-refractivity contribution in [2.45, 2.75) is 20.4 Å². The lowest BCUT2D eigenvalue weighted by Crippen LogP contribution is -2.39. The molecule has 0 bridgehead atoms. The Morgan fingerprint density at radius 1 is 1.00 bits per heavy atom. The number of aryl methyl sites for hydroxylation is 2. The first-order valence-electron chi connectivity index (χ1n) is 12.0. The Bertz CT molecular complexity index is 1430. The van der Waals surface area contributed by atoms with Crippen LogP contribution in [-0.4, -0.2) is 64.3 Å². The largest absolute Gasteiger partial charge is 0.379 e. The lowest BCUT2D eigenvalue weighted by atomic mass is 9.97. The molecule has 0 amide bonds. The zero-order valence-corrected chi connectivity index (χ0v) is 20.4. The quantitative estimate of drug-likeness (QED) is 0.462. The molecule has 0 spiro atoms. The average Bonchev–Trinajstić information content (AvgIpc) is 2.88. The topological polar surface area (TPSA) is 85.2 Å². The van der Waals surface area contributed by atoms with Crippen LogP contribution in [-0.2, 0) is 11.3 Å². The number of aromatic nitrogens is 4. The maximum atomic E-state index is 13.8. The Labute approximate surface area is 204 Å². The molecule has 4 heterocycles. The summed E-state index contributed by atoms with van der Waals surface area (Å²) >= 11 is 0. The summed E-state index contributed by atoms with van der Waals surface area (Å²) in [6, 6.07) is 14.1. The maximum Gasteiger partial charge on any atom is 0.260 e. The summed E-state index contributed by atoms with van der Waals surface area (Å²) in [7, 11) is 1.78. The smallest absolute Gasteiger partial charge is 0.260 e. The molecule has 4 aromatic rings. The van der Waals surface area contributed by atoms with Crippen LogP contribution >= 0.6 is 0 Å². The van der Waals surface area contributed by atoms with E-state index in [2.05, 4.69) is 31.2 Å².